The van der Waals surface area contributed by atoms with Gasteiger partial charge in [-0.2, -0.15) is 0 Å². The van der Waals surface area contributed by atoms with Crippen molar-refractivity contribution in [3.8, 4) is 0 Å². The van der Waals surface area contributed by atoms with Crippen molar-refractivity contribution >= 4 is 23.4 Å². The molecular weight excluding hydrogens is 314 g/mol. The number of fused-ring (bicyclic) bond motifs is 1. The number of nitrogens with one attached hydrogen (secondary N) is 2. The molecule has 0 unspecified atom stereocenters. The van der Waals surface area contributed by atoms with E-state index in [1.807, 2.05) is 0 Å². The van der Waals surface area contributed by atoms with Gasteiger partial charge in [-0.25, -0.2) is 0 Å². The molecule has 2 heterocycles. The fraction of sp³-hybridized carbons (Fsp3) is 0.412. The summed E-state index contributed by atoms with van der Waals surface area (Å²) in [6.45, 7) is 3.42. The number of hydrogen-bond acceptors (Lipinski definition) is 4. The van der Waals surface area contributed by atoms with Crippen molar-refractivity contribution in [2.75, 3.05) is 32.7 Å². The molecule has 3 rings (SSSR count). The van der Waals surface area contributed by atoms with Crippen molar-refractivity contribution in [1.82, 2.24) is 15.5 Å². The number of nitrogens with zero attached hydrogens (tertiary/aromatic N) is 1. The van der Waals surface area contributed by atoms with Gasteiger partial charge in [0.25, 0.3) is 11.8 Å². The number of hydrogen-bond donors (Lipinski definition) is 2. The topological polar surface area (TPSA) is 61.4 Å². The van der Waals surface area contributed by atoms with Gasteiger partial charge in [0.15, 0.2) is 0 Å². The number of imide groups is 1. The van der Waals surface area contributed by atoms with E-state index in [4.69, 9.17) is 11.6 Å². The molecule has 23 heavy (non-hydrogen) atoms. The van der Waals surface area contributed by atoms with E-state index < -0.39 is 0 Å². The highest BCUT2D eigenvalue weighted by Crippen LogP contribution is 2.22. The lowest BCUT2D eigenvalue weighted by Crippen LogP contribution is -2.36. The Labute approximate surface area is 140 Å². The van der Waals surface area contributed by atoms with E-state index in [1.165, 1.54) is 10.5 Å². The van der Waals surface area contributed by atoms with Gasteiger partial charge in [-0.15, -0.1) is 0 Å². The molecule has 1 aromatic carbocycles. The number of halogens is 1. The summed E-state index contributed by atoms with van der Waals surface area (Å²) >= 11 is 6.33. The highest BCUT2D eigenvalue weighted by atomic mass is 35.5. The van der Waals surface area contributed by atoms with E-state index in [9.17, 15) is 9.59 Å². The minimum atomic E-state index is -0.213. The molecule has 6 heteroatoms. The van der Waals surface area contributed by atoms with Crippen LogP contribution < -0.4 is 10.6 Å². The molecule has 122 valence electrons. The van der Waals surface area contributed by atoms with Crippen molar-refractivity contribution in [1.29, 1.82) is 0 Å². The van der Waals surface area contributed by atoms with Gasteiger partial charge in [-0.1, -0.05) is 29.3 Å². The molecule has 1 saturated heterocycles. The lowest BCUT2D eigenvalue weighted by atomic mass is 10.1. The predicted octanol–water partition coefficient (Wildman–Crippen LogP) is 1.75. The molecule has 1 aromatic rings. The fourth-order valence-corrected chi connectivity index (χ4v) is 3.24. The van der Waals surface area contributed by atoms with Crippen molar-refractivity contribution in [2.45, 2.75) is 12.8 Å². The number of amides is 2. The average Bonchev–Trinajstić information content (AvgIpc) is 2.84. The molecule has 0 bridgehead atoms. The lowest BCUT2D eigenvalue weighted by molar-refractivity contribution is 0.0656. The van der Waals surface area contributed by atoms with E-state index in [0.717, 1.165) is 31.0 Å². The average molecular weight is 334 g/mol. The Morgan fingerprint density at radius 1 is 1.13 bits per heavy atom. The molecule has 2 N–H and O–H groups in total. The van der Waals surface area contributed by atoms with Gasteiger partial charge in [0.2, 0.25) is 0 Å². The maximum absolute atomic E-state index is 12.2. The second kappa shape index (κ2) is 7.25. The highest BCUT2D eigenvalue weighted by Gasteiger charge is 2.34. The SMILES string of the molecule is O=C1c2ccccc2C(=O)N1CCNCC(Cl)=C1CCNCC1. The maximum atomic E-state index is 12.2. The third-order valence-electron chi connectivity index (χ3n) is 4.26. The Morgan fingerprint density at radius 3 is 2.35 bits per heavy atom. The summed E-state index contributed by atoms with van der Waals surface area (Å²) in [7, 11) is 0. The molecule has 2 aliphatic heterocycles. The van der Waals surface area contributed by atoms with Gasteiger partial charge in [0, 0.05) is 24.7 Å². The summed E-state index contributed by atoms with van der Waals surface area (Å²) in [5, 5.41) is 7.37. The molecule has 2 aliphatic rings. The quantitative estimate of drug-likeness (QED) is 0.636. The van der Waals surface area contributed by atoms with Crippen LogP contribution in [0.1, 0.15) is 33.6 Å². The van der Waals surface area contributed by atoms with Crippen LogP contribution in [0.5, 0.6) is 0 Å². The first-order valence-corrected chi connectivity index (χ1v) is 8.29. The van der Waals surface area contributed by atoms with Gasteiger partial charge in [0.1, 0.15) is 0 Å². The smallest absolute Gasteiger partial charge is 0.261 e. The van der Waals surface area contributed by atoms with E-state index in [-0.39, 0.29) is 11.8 Å². The Balaban J connectivity index is 1.50. The minimum Gasteiger partial charge on any atom is -0.316 e. The van der Waals surface area contributed by atoms with Crippen molar-refractivity contribution in [3.05, 3.63) is 46.0 Å². The van der Waals surface area contributed by atoms with Crippen LogP contribution in [0.3, 0.4) is 0 Å². The van der Waals surface area contributed by atoms with Crippen LogP contribution in [-0.4, -0.2) is 49.4 Å². The number of benzene rings is 1. The fourth-order valence-electron chi connectivity index (χ4n) is 2.96. The summed E-state index contributed by atoms with van der Waals surface area (Å²) in [6, 6.07) is 6.94. The number of carbonyl (C=O) groups excluding carboxylic acids is 2. The van der Waals surface area contributed by atoms with Gasteiger partial charge < -0.3 is 10.6 Å². The normalized spacial score (nSPS) is 17.6. The molecule has 1 fully saturated rings. The van der Waals surface area contributed by atoms with Crippen LogP contribution in [0.4, 0.5) is 0 Å². The zero-order valence-corrected chi connectivity index (χ0v) is 13.7. The van der Waals surface area contributed by atoms with Crippen LogP contribution in [-0.2, 0) is 0 Å². The van der Waals surface area contributed by atoms with E-state index in [1.54, 1.807) is 24.3 Å². The molecular formula is C17H20ClN3O2. The third-order valence-corrected chi connectivity index (χ3v) is 4.66. The second-order valence-electron chi connectivity index (χ2n) is 5.74. The summed E-state index contributed by atoms with van der Waals surface area (Å²) < 4.78 is 0. The van der Waals surface area contributed by atoms with Gasteiger partial charge in [0.05, 0.1) is 11.1 Å². The zero-order chi connectivity index (χ0) is 16.2. The molecule has 0 radical (unpaired) electrons. The van der Waals surface area contributed by atoms with E-state index >= 15 is 0 Å². The third kappa shape index (κ3) is 3.47. The molecule has 5 nitrogen and oxygen atoms in total. The van der Waals surface area contributed by atoms with Gasteiger partial charge in [-0.05, 0) is 38.1 Å². The Kier molecular flexibility index (Phi) is 5.10. The molecule has 0 spiro atoms. The predicted molar refractivity (Wildman–Crippen MR) is 89.7 cm³/mol. The summed E-state index contributed by atoms with van der Waals surface area (Å²) in [4.78, 5) is 25.7. The molecule has 0 saturated carbocycles. The standard InChI is InChI=1S/C17H20ClN3O2/c18-15(12-5-7-19-8-6-12)11-20-9-10-21-16(22)13-3-1-2-4-14(13)17(21)23/h1-4,19-20H,5-11H2. The van der Waals surface area contributed by atoms with Crippen LogP contribution in [0.2, 0.25) is 0 Å². The van der Waals surface area contributed by atoms with Gasteiger partial charge in [-0.3, -0.25) is 14.5 Å². The van der Waals surface area contributed by atoms with Crippen molar-refractivity contribution in [2.24, 2.45) is 0 Å². The Morgan fingerprint density at radius 2 is 1.74 bits per heavy atom. The number of carbonyl (C=O) groups is 2. The largest absolute Gasteiger partial charge is 0.316 e. The number of rotatable bonds is 5. The Hall–Kier alpha value is -1.69. The summed E-state index contributed by atoms with van der Waals surface area (Å²) in [5.41, 5.74) is 2.28. The summed E-state index contributed by atoms with van der Waals surface area (Å²) in [5.74, 6) is -0.426. The summed E-state index contributed by atoms with van der Waals surface area (Å²) in [6.07, 6.45) is 1.97. The lowest BCUT2D eigenvalue weighted by Gasteiger charge is -2.18. The first kappa shape index (κ1) is 16.2. The van der Waals surface area contributed by atoms with Crippen LogP contribution in [0.15, 0.2) is 34.9 Å². The van der Waals surface area contributed by atoms with Crippen LogP contribution >= 0.6 is 11.6 Å². The monoisotopic (exact) mass is 333 g/mol. The first-order valence-electron chi connectivity index (χ1n) is 7.91. The van der Waals surface area contributed by atoms with E-state index in [2.05, 4.69) is 10.6 Å². The van der Waals surface area contributed by atoms with Gasteiger partial charge >= 0.3 is 0 Å². The molecule has 2 amide bonds. The number of piperidine rings is 1. The van der Waals surface area contributed by atoms with Crippen molar-refractivity contribution in [3.63, 3.8) is 0 Å². The zero-order valence-electron chi connectivity index (χ0n) is 12.9. The first-order chi connectivity index (χ1) is 11.2. The Bertz CT molecular complexity index is 614. The highest BCUT2D eigenvalue weighted by molar-refractivity contribution is 6.30. The van der Waals surface area contributed by atoms with Crippen LogP contribution in [0, 0.1) is 0 Å². The molecule has 0 aliphatic carbocycles. The minimum absolute atomic E-state index is 0.213. The molecule has 0 atom stereocenters. The van der Waals surface area contributed by atoms with Crippen molar-refractivity contribution < 1.29 is 9.59 Å². The molecule has 0 aromatic heterocycles. The van der Waals surface area contributed by atoms with Crippen LogP contribution in [0.25, 0.3) is 0 Å². The van der Waals surface area contributed by atoms with E-state index in [0.29, 0.717) is 30.8 Å². The second-order valence-corrected chi connectivity index (χ2v) is 6.20. The maximum Gasteiger partial charge on any atom is 0.261 e.